The minimum atomic E-state index is 0.424. The fraction of sp³-hybridized carbons (Fsp3) is 1.00. The average Bonchev–Trinajstić information content (AvgIpc) is 1.88. The van der Waals surface area contributed by atoms with Crippen LogP contribution in [0, 0.1) is 11.8 Å². The van der Waals surface area contributed by atoms with Crippen molar-refractivity contribution in [2.45, 2.75) is 45.6 Å². The maximum Gasteiger partial charge on any atom is 0.00387 e. The monoisotopic (exact) mass is 141 g/mol. The third-order valence-electron chi connectivity index (χ3n) is 2.80. The average molecular weight is 141 g/mol. The van der Waals surface area contributed by atoms with Crippen LogP contribution in [0.2, 0.25) is 0 Å². The zero-order chi connectivity index (χ0) is 7.56. The molecule has 0 bridgehead atoms. The molecule has 2 N–H and O–H groups in total. The number of rotatable bonds is 1. The van der Waals surface area contributed by atoms with Gasteiger partial charge in [0.2, 0.25) is 0 Å². The summed E-state index contributed by atoms with van der Waals surface area (Å²) in [6.45, 7) is 4.48. The van der Waals surface area contributed by atoms with Crippen molar-refractivity contribution in [1.82, 2.24) is 0 Å². The molecule has 1 aliphatic carbocycles. The molecule has 1 nitrogen and oxygen atoms in total. The van der Waals surface area contributed by atoms with Crippen molar-refractivity contribution in [3.05, 3.63) is 0 Å². The van der Waals surface area contributed by atoms with Crippen LogP contribution in [0.3, 0.4) is 0 Å². The van der Waals surface area contributed by atoms with Crippen molar-refractivity contribution in [2.75, 3.05) is 0 Å². The van der Waals surface area contributed by atoms with Crippen molar-refractivity contribution in [2.24, 2.45) is 17.6 Å². The van der Waals surface area contributed by atoms with E-state index >= 15 is 0 Å². The lowest BCUT2D eigenvalue weighted by molar-refractivity contribution is 0.262. The molecule has 1 rings (SSSR count). The Morgan fingerprint density at radius 3 is 2.10 bits per heavy atom. The molecule has 0 aromatic rings. The van der Waals surface area contributed by atoms with Crippen LogP contribution in [0.1, 0.15) is 39.5 Å². The molecule has 0 aliphatic heterocycles. The van der Waals surface area contributed by atoms with Crippen LogP contribution >= 0.6 is 0 Å². The van der Waals surface area contributed by atoms with Crippen molar-refractivity contribution >= 4 is 0 Å². The molecule has 1 fully saturated rings. The molecular formula is C9H19N. The summed E-state index contributed by atoms with van der Waals surface area (Å²) in [5.41, 5.74) is 5.81. The maximum atomic E-state index is 5.81. The molecule has 10 heavy (non-hydrogen) atoms. The van der Waals surface area contributed by atoms with Crippen molar-refractivity contribution in [3.63, 3.8) is 0 Å². The first-order chi connectivity index (χ1) is 4.70. The maximum absolute atomic E-state index is 5.81. The van der Waals surface area contributed by atoms with E-state index in [1.807, 2.05) is 0 Å². The van der Waals surface area contributed by atoms with Gasteiger partial charge >= 0.3 is 0 Å². The summed E-state index contributed by atoms with van der Waals surface area (Å²) in [4.78, 5) is 0. The Balaban J connectivity index is 2.26. The zero-order valence-electron chi connectivity index (χ0n) is 7.14. The molecule has 0 aromatic heterocycles. The standard InChI is InChI=1S/C9H19N/c1-7-3-5-9(6-4-7)8(2)10/h7-9H,3-6,10H2,1-2H3/t7?,8-,9?/m1/s1. The molecule has 0 aromatic carbocycles. The van der Waals surface area contributed by atoms with Crippen LogP contribution in [-0.4, -0.2) is 6.04 Å². The Bertz CT molecular complexity index is 90.9. The van der Waals surface area contributed by atoms with E-state index in [4.69, 9.17) is 5.73 Å². The Labute approximate surface area is 64.0 Å². The van der Waals surface area contributed by atoms with Gasteiger partial charge in [0.05, 0.1) is 0 Å². The van der Waals surface area contributed by atoms with Gasteiger partial charge in [-0.3, -0.25) is 0 Å². The smallest absolute Gasteiger partial charge is 0.00387 e. The van der Waals surface area contributed by atoms with Crippen LogP contribution in [0.4, 0.5) is 0 Å². The molecule has 1 saturated carbocycles. The fourth-order valence-electron chi connectivity index (χ4n) is 1.81. The lowest BCUT2D eigenvalue weighted by atomic mass is 9.80. The highest BCUT2D eigenvalue weighted by Crippen LogP contribution is 2.29. The largest absolute Gasteiger partial charge is 0.328 e. The molecule has 0 spiro atoms. The summed E-state index contributed by atoms with van der Waals surface area (Å²) >= 11 is 0. The second kappa shape index (κ2) is 3.38. The van der Waals surface area contributed by atoms with Gasteiger partial charge in [-0.2, -0.15) is 0 Å². The second-order valence-corrected chi connectivity index (χ2v) is 3.88. The minimum absolute atomic E-state index is 0.424. The first-order valence-electron chi connectivity index (χ1n) is 4.45. The summed E-state index contributed by atoms with van der Waals surface area (Å²) in [6, 6.07) is 0.424. The van der Waals surface area contributed by atoms with E-state index in [1.54, 1.807) is 0 Å². The number of hydrogen-bond acceptors (Lipinski definition) is 1. The van der Waals surface area contributed by atoms with Gasteiger partial charge in [-0.1, -0.05) is 19.8 Å². The highest BCUT2D eigenvalue weighted by Gasteiger charge is 2.20. The summed E-state index contributed by atoms with van der Waals surface area (Å²) in [5, 5.41) is 0. The molecule has 0 heterocycles. The summed E-state index contributed by atoms with van der Waals surface area (Å²) in [6.07, 6.45) is 5.51. The van der Waals surface area contributed by atoms with E-state index in [1.165, 1.54) is 25.7 Å². The predicted molar refractivity (Wildman–Crippen MR) is 44.8 cm³/mol. The minimum Gasteiger partial charge on any atom is -0.328 e. The van der Waals surface area contributed by atoms with E-state index in [0.717, 1.165) is 11.8 Å². The summed E-state index contributed by atoms with van der Waals surface area (Å²) in [5.74, 6) is 1.77. The Kier molecular flexibility index (Phi) is 2.72. The van der Waals surface area contributed by atoms with E-state index in [0.29, 0.717) is 6.04 Å². The molecule has 1 heteroatoms. The summed E-state index contributed by atoms with van der Waals surface area (Å²) < 4.78 is 0. The summed E-state index contributed by atoms with van der Waals surface area (Å²) in [7, 11) is 0. The van der Waals surface area contributed by atoms with Crippen LogP contribution in [0.25, 0.3) is 0 Å². The molecule has 0 amide bonds. The van der Waals surface area contributed by atoms with E-state index in [2.05, 4.69) is 13.8 Å². The van der Waals surface area contributed by atoms with Crippen LogP contribution in [0.5, 0.6) is 0 Å². The molecule has 0 radical (unpaired) electrons. The van der Waals surface area contributed by atoms with Crippen molar-refractivity contribution in [1.29, 1.82) is 0 Å². The van der Waals surface area contributed by atoms with Crippen molar-refractivity contribution < 1.29 is 0 Å². The van der Waals surface area contributed by atoms with Crippen LogP contribution in [-0.2, 0) is 0 Å². The molecular weight excluding hydrogens is 122 g/mol. The molecule has 0 saturated heterocycles. The van der Waals surface area contributed by atoms with Crippen molar-refractivity contribution in [3.8, 4) is 0 Å². The highest BCUT2D eigenvalue weighted by molar-refractivity contribution is 4.75. The third kappa shape index (κ3) is 1.98. The van der Waals surface area contributed by atoms with E-state index in [9.17, 15) is 0 Å². The molecule has 1 atom stereocenters. The van der Waals surface area contributed by atoms with E-state index in [-0.39, 0.29) is 0 Å². The Morgan fingerprint density at radius 1 is 1.20 bits per heavy atom. The topological polar surface area (TPSA) is 26.0 Å². The van der Waals surface area contributed by atoms with Gasteiger partial charge in [-0.25, -0.2) is 0 Å². The normalized spacial score (nSPS) is 37.5. The SMILES string of the molecule is CC1CCC([C@@H](C)N)CC1. The highest BCUT2D eigenvalue weighted by atomic mass is 14.6. The van der Waals surface area contributed by atoms with Gasteiger partial charge in [0.1, 0.15) is 0 Å². The fourth-order valence-corrected chi connectivity index (χ4v) is 1.81. The van der Waals surface area contributed by atoms with Crippen LogP contribution < -0.4 is 5.73 Å². The van der Waals surface area contributed by atoms with Gasteiger partial charge < -0.3 is 5.73 Å². The lowest BCUT2D eigenvalue weighted by Crippen LogP contribution is -2.29. The van der Waals surface area contributed by atoms with Gasteiger partial charge in [0.25, 0.3) is 0 Å². The molecule has 60 valence electrons. The zero-order valence-corrected chi connectivity index (χ0v) is 7.14. The number of nitrogens with two attached hydrogens (primary N) is 1. The molecule has 1 aliphatic rings. The predicted octanol–water partition coefficient (Wildman–Crippen LogP) is 2.16. The second-order valence-electron chi connectivity index (χ2n) is 3.88. The van der Waals surface area contributed by atoms with Gasteiger partial charge in [-0.05, 0) is 31.6 Å². The quantitative estimate of drug-likeness (QED) is 0.595. The third-order valence-corrected chi connectivity index (χ3v) is 2.80. The van der Waals surface area contributed by atoms with Gasteiger partial charge in [-0.15, -0.1) is 0 Å². The lowest BCUT2D eigenvalue weighted by Gasteiger charge is -2.28. The molecule has 0 unspecified atom stereocenters. The number of hydrogen-bond donors (Lipinski definition) is 1. The first kappa shape index (κ1) is 8.06. The van der Waals surface area contributed by atoms with Gasteiger partial charge in [0.15, 0.2) is 0 Å². The first-order valence-corrected chi connectivity index (χ1v) is 4.45. The van der Waals surface area contributed by atoms with Crippen LogP contribution in [0.15, 0.2) is 0 Å². The van der Waals surface area contributed by atoms with Gasteiger partial charge in [0, 0.05) is 6.04 Å². The Morgan fingerprint density at radius 2 is 1.70 bits per heavy atom. The van der Waals surface area contributed by atoms with E-state index < -0.39 is 0 Å². The Hall–Kier alpha value is -0.0400.